The van der Waals surface area contributed by atoms with Crippen LogP contribution in [-0.4, -0.2) is 79.5 Å². The molecule has 2 aliphatic heterocycles. The number of likely N-dealkylation sites (tertiary alicyclic amines) is 1. The molecule has 0 radical (unpaired) electrons. The van der Waals surface area contributed by atoms with E-state index in [2.05, 4.69) is 23.3 Å². The molecule has 0 spiro atoms. The van der Waals surface area contributed by atoms with Crippen LogP contribution in [-0.2, 0) is 0 Å². The molecule has 2 heterocycles. The number of benzene rings is 1. The average Bonchev–Trinajstić information content (AvgIpc) is 2.92. The van der Waals surface area contributed by atoms with Gasteiger partial charge in [0.2, 0.25) is 0 Å². The Labute approximate surface area is 162 Å². The molecule has 3 rings (SSSR count). The molecule has 3 amide bonds. The number of nitrogens with one attached hydrogen (secondary N) is 1. The maximum Gasteiger partial charge on any atom is 0.317 e. The van der Waals surface area contributed by atoms with Crippen LogP contribution in [0.25, 0.3) is 0 Å². The van der Waals surface area contributed by atoms with E-state index in [1.807, 2.05) is 34.9 Å². The Morgan fingerprint density at radius 2 is 1.89 bits per heavy atom. The fourth-order valence-corrected chi connectivity index (χ4v) is 4.05. The molecule has 27 heavy (non-hydrogen) atoms. The third-order valence-electron chi connectivity index (χ3n) is 5.65. The van der Waals surface area contributed by atoms with Gasteiger partial charge in [-0.1, -0.05) is 12.1 Å². The highest BCUT2D eigenvalue weighted by atomic mass is 16.2. The summed E-state index contributed by atoms with van der Waals surface area (Å²) in [6.07, 6.45) is 3.08. The van der Waals surface area contributed by atoms with Gasteiger partial charge in [-0.25, -0.2) is 4.79 Å². The summed E-state index contributed by atoms with van der Waals surface area (Å²) in [5.41, 5.74) is 1.94. The third kappa shape index (κ3) is 5.01. The van der Waals surface area contributed by atoms with E-state index in [0.29, 0.717) is 12.5 Å². The average molecular weight is 373 g/mol. The molecule has 0 saturated carbocycles. The van der Waals surface area contributed by atoms with Gasteiger partial charge in [-0.2, -0.15) is 0 Å². The van der Waals surface area contributed by atoms with Crippen molar-refractivity contribution in [2.24, 2.45) is 0 Å². The van der Waals surface area contributed by atoms with Gasteiger partial charge >= 0.3 is 6.03 Å². The number of hydrogen-bond acceptors (Lipinski definition) is 3. The van der Waals surface area contributed by atoms with Gasteiger partial charge in [0.15, 0.2) is 0 Å². The highest BCUT2D eigenvalue weighted by molar-refractivity contribution is 5.94. The Hall–Kier alpha value is -2.08. The standard InChI is InChI=1S/C21H32N4O2/c1-3-22-21(27)25-11-5-9-19(16-25)17-7-4-8-18(15-17)20(26)24-12-6-10-23(2)13-14-24/h4,7-8,15,19H,3,5-6,9-14,16H2,1-2H3,(H,22,27)/t19-/m0/s1. The van der Waals surface area contributed by atoms with Crippen LogP contribution in [0.4, 0.5) is 4.79 Å². The minimum atomic E-state index is 0.0168. The van der Waals surface area contributed by atoms with Gasteiger partial charge in [0.25, 0.3) is 5.91 Å². The summed E-state index contributed by atoms with van der Waals surface area (Å²) >= 11 is 0. The van der Waals surface area contributed by atoms with Crippen molar-refractivity contribution in [1.82, 2.24) is 20.0 Å². The number of carbonyl (C=O) groups is 2. The Morgan fingerprint density at radius 3 is 2.70 bits per heavy atom. The minimum Gasteiger partial charge on any atom is -0.338 e. The molecular weight excluding hydrogens is 340 g/mol. The van der Waals surface area contributed by atoms with E-state index in [1.54, 1.807) is 0 Å². The van der Waals surface area contributed by atoms with E-state index >= 15 is 0 Å². The highest BCUT2D eigenvalue weighted by Gasteiger charge is 2.25. The highest BCUT2D eigenvalue weighted by Crippen LogP contribution is 2.28. The van der Waals surface area contributed by atoms with Crippen LogP contribution in [0.5, 0.6) is 0 Å². The number of urea groups is 1. The Morgan fingerprint density at radius 1 is 1.07 bits per heavy atom. The van der Waals surface area contributed by atoms with Crippen molar-refractivity contribution in [2.45, 2.75) is 32.1 Å². The molecule has 0 aliphatic carbocycles. The lowest BCUT2D eigenvalue weighted by atomic mass is 9.89. The molecule has 6 nitrogen and oxygen atoms in total. The minimum absolute atomic E-state index is 0.0168. The second-order valence-electron chi connectivity index (χ2n) is 7.70. The maximum absolute atomic E-state index is 13.0. The molecule has 2 saturated heterocycles. The van der Waals surface area contributed by atoms with Crippen molar-refractivity contribution in [3.63, 3.8) is 0 Å². The van der Waals surface area contributed by atoms with Crippen LogP contribution in [0.15, 0.2) is 24.3 Å². The van der Waals surface area contributed by atoms with E-state index in [0.717, 1.165) is 64.1 Å². The zero-order chi connectivity index (χ0) is 19.2. The fourth-order valence-electron chi connectivity index (χ4n) is 4.05. The fraction of sp³-hybridized carbons (Fsp3) is 0.619. The lowest BCUT2D eigenvalue weighted by Gasteiger charge is -2.33. The van der Waals surface area contributed by atoms with Gasteiger partial charge in [0, 0.05) is 50.7 Å². The molecule has 0 bridgehead atoms. The normalized spacial score (nSPS) is 21.6. The lowest BCUT2D eigenvalue weighted by molar-refractivity contribution is 0.0762. The first-order valence-electron chi connectivity index (χ1n) is 10.2. The molecule has 2 fully saturated rings. The predicted molar refractivity (Wildman–Crippen MR) is 107 cm³/mol. The summed E-state index contributed by atoms with van der Waals surface area (Å²) in [6, 6.07) is 8.06. The van der Waals surface area contributed by atoms with Crippen LogP contribution < -0.4 is 5.32 Å². The predicted octanol–water partition coefficient (Wildman–Crippen LogP) is 2.37. The molecular formula is C21H32N4O2. The van der Waals surface area contributed by atoms with Crippen LogP contribution in [0, 0.1) is 0 Å². The number of hydrogen-bond donors (Lipinski definition) is 1. The van der Waals surface area contributed by atoms with Gasteiger partial charge in [-0.3, -0.25) is 4.79 Å². The Bertz CT molecular complexity index is 663. The second-order valence-corrected chi connectivity index (χ2v) is 7.70. The lowest BCUT2D eigenvalue weighted by Crippen LogP contribution is -2.44. The zero-order valence-electron chi connectivity index (χ0n) is 16.6. The molecule has 6 heteroatoms. The first-order valence-corrected chi connectivity index (χ1v) is 10.2. The topological polar surface area (TPSA) is 55.9 Å². The van der Waals surface area contributed by atoms with E-state index in [1.165, 1.54) is 5.56 Å². The van der Waals surface area contributed by atoms with Gasteiger partial charge < -0.3 is 20.0 Å². The van der Waals surface area contributed by atoms with Crippen LogP contribution >= 0.6 is 0 Å². The summed E-state index contributed by atoms with van der Waals surface area (Å²) in [7, 11) is 2.11. The third-order valence-corrected chi connectivity index (χ3v) is 5.65. The number of amides is 3. The van der Waals surface area contributed by atoms with Crippen molar-refractivity contribution in [2.75, 3.05) is 52.9 Å². The molecule has 0 aromatic heterocycles. The summed E-state index contributed by atoms with van der Waals surface area (Å²) < 4.78 is 0. The molecule has 0 unspecified atom stereocenters. The molecule has 1 N–H and O–H groups in total. The van der Waals surface area contributed by atoms with E-state index < -0.39 is 0 Å². The zero-order valence-corrected chi connectivity index (χ0v) is 16.6. The Balaban J connectivity index is 1.69. The summed E-state index contributed by atoms with van der Waals surface area (Å²) in [5.74, 6) is 0.424. The van der Waals surface area contributed by atoms with Crippen molar-refractivity contribution in [1.29, 1.82) is 0 Å². The monoisotopic (exact) mass is 372 g/mol. The smallest absolute Gasteiger partial charge is 0.317 e. The number of piperidine rings is 1. The number of likely N-dealkylation sites (N-methyl/N-ethyl adjacent to an activating group) is 1. The van der Waals surface area contributed by atoms with E-state index in [4.69, 9.17) is 0 Å². The molecule has 2 aliphatic rings. The maximum atomic E-state index is 13.0. The molecule has 1 atom stereocenters. The largest absolute Gasteiger partial charge is 0.338 e. The van der Waals surface area contributed by atoms with E-state index in [9.17, 15) is 9.59 Å². The van der Waals surface area contributed by atoms with Gasteiger partial charge in [-0.05, 0) is 57.5 Å². The van der Waals surface area contributed by atoms with Gasteiger partial charge in [-0.15, -0.1) is 0 Å². The van der Waals surface area contributed by atoms with Crippen LogP contribution in [0.3, 0.4) is 0 Å². The first-order chi connectivity index (χ1) is 13.1. The second kappa shape index (κ2) is 9.22. The summed E-state index contributed by atoms with van der Waals surface area (Å²) in [4.78, 5) is 31.3. The van der Waals surface area contributed by atoms with Gasteiger partial charge in [0.05, 0.1) is 0 Å². The Kier molecular flexibility index (Phi) is 6.72. The number of carbonyl (C=O) groups excluding carboxylic acids is 2. The van der Waals surface area contributed by atoms with E-state index in [-0.39, 0.29) is 11.9 Å². The van der Waals surface area contributed by atoms with Crippen LogP contribution in [0.2, 0.25) is 0 Å². The quantitative estimate of drug-likeness (QED) is 0.886. The molecule has 148 valence electrons. The molecule has 1 aromatic carbocycles. The summed E-state index contributed by atoms with van der Waals surface area (Å²) in [6.45, 7) is 7.69. The van der Waals surface area contributed by atoms with Crippen molar-refractivity contribution in [3.05, 3.63) is 35.4 Å². The number of rotatable bonds is 3. The first kappa shape index (κ1) is 19.7. The SMILES string of the molecule is CCNC(=O)N1CCC[C@H](c2cccc(C(=O)N3CCCN(C)CC3)c2)C1. The van der Waals surface area contributed by atoms with Crippen molar-refractivity contribution in [3.8, 4) is 0 Å². The summed E-state index contributed by atoms with van der Waals surface area (Å²) in [5, 5.41) is 2.89. The van der Waals surface area contributed by atoms with Gasteiger partial charge in [0.1, 0.15) is 0 Å². The van der Waals surface area contributed by atoms with Crippen molar-refractivity contribution < 1.29 is 9.59 Å². The van der Waals surface area contributed by atoms with Crippen molar-refractivity contribution >= 4 is 11.9 Å². The van der Waals surface area contributed by atoms with Crippen LogP contribution in [0.1, 0.15) is 48.0 Å². The number of nitrogens with zero attached hydrogens (tertiary/aromatic N) is 3. The molecule has 1 aromatic rings.